The molecule has 1 nitrogen and oxygen atoms in total. The second-order valence-corrected chi connectivity index (χ2v) is 3.90. The van der Waals surface area contributed by atoms with Crippen LogP contribution in [0.5, 0.6) is 0 Å². The molecule has 0 spiro atoms. The van der Waals surface area contributed by atoms with Crippen molar-refractivity contribution >= 4 is 5.78 Å². The molecule has 1 saturated carbocycles. The Balaban J connectivity index is 2.45. The van der Waals surface area contributed by atoms with Gasteiger partial charge >= 0.3 is 0 Å². The van der Waals surface area contributed by atoms with E-state index in [1.807, 2.05) is 0 Å². The van der Waals surface area contributed by atoms with Gasteiger partial charge in [-0.2, -0.15) is 0 Å². The Hall–Kier alpha value is -0.590. The molecule has 0 N–H and O–H groups in total. The first-order valence-corrected chi connectivity index (χ1v) is 4.44. The van der Waals surface area contributed by atoms with Crippen molar-refractivity contribution in [1.29, 1.82) is 0 Å². The molecule has 1 fully saturated rings. The van der Waals surface area contributed by atoms with Crippen LogP contribution in [0.4, 0.5) is 0 Å². The molecule has 2 bridgehead atoms. The maximum atomic E-state index is 11.5. The molecule has 0 radical (unpaired) electrons. The fraction of sp³-hybridized carbons (Fsp3) is 0.700. The molecule has 2 rings (SSSR count). The van der Waals surface area contributed by atoms with E-state index in [2.05, 4.69) is 13.8 Å². The Morgan fingerprint density at radius 3 is 2.91 bits per heavy atom. The minimum Gasteiger partial charge on any atom is -0.294 e. The molecular weight excluding hydrogens is 136 g/mol. The van der Waals surface area contributed by atoms with Crippen molar-refractivity contribution < 1.29 is 4.79 Å². The van der Waals surface area contributed by atoms with E-state index in [1.54, 1.807) is 0 Å². The van der Waals surface area contributed by atoms with E-state index in [9.17, 15) is 4.79 Å². The number of allylic oxidation sites excluding steroid dienone is 2. The number of carbonyl (C=O) groups excluding carboxylic acids is 1. The fourth-order valence-electron chi connectivity index (χ4n) is 2.34. The quantitative estimate of drug-likeness (QED) is 0.518. The predicted octanol–water partition coefficient (Wildman–Crippen LogP) is 2.32. The molecule has 0 aromatic heterocycles. The number of ketones is 1. The van der Waals surface area contributed by atoms with E-state index < -0.39 is 0 Å². The van der Waals surface area contributed by atoms with Gasteiger partial charge in [-0.05, 0) is 37.7 Å². The van der Waals surface area contributed by atoms with E-state index in [4.69, 9.17) is 0 Å². The van der Waals surface area contributed by atoms with Gasteiger partial charge in [0, 0.05) is 5.92 Å². The summed E-state index contributed by atoms with van der Waals surface area (Å²) in [6, 6.07) is 0. The van der Waals surface area contributed by atoms with Crippen molar-refractivity contribution in [2.24, 2.45) is 11.8 Å². The van der Waals surface area contributed by atoms with E-state index in [0.717, 1.165) is 24.8 Å². The Bertz CT molecular complexity index is 237. The van der Waals surface area contributed by atoms with Crippen molar-refractivity contribution in [1.82, 2.24) is 0 Å². The number of hydrogen-bond acceptors (Lipinski definition) is 1. The largest absolute Gasteiger partial charge is 0.294 e. The van der Waals surface area contributed by atoms with E-state index in [0.29, 0.717) is 17.6 Å². The summed E-state index contributed by atoms with van der Waals surface area (Å²) in [7, 11) is 0. The smallest absolute Gasteiger partial charge is 0.161 e. The van der Waals surface area contributed by atoms with Gasteiger partial charge in [0.2, 0.25) is 0 Å². The summed E-state index contributed by atoms with van der Waals surface area (Å²) in [4.78, 5) is 11.5. The molecule has 0 amide bonds. The summed E-state index contributed by atoms with van der Waals surface area (Å²) in [5.74, 6) is 1.51. The van der Waals surface area contributed by atoms with Gasteiger partial charge in [0.05, 0.1) is 0 Å². The van der Waals surface area contributed by atoms with Crippen molar-refractivity contribution in [3.8, 4) is 0 Å². The van der Waals surface area contributed by atoms with Gasteiger partial charge in [-0.3, -0.25) is 4.79 Å². The summed E-state index contributed by atoms with van der Waals surface area (Å²) >= 11 is 0. The van der Waals surface area contributed by atoms with Crippen LogP contribution in [-0.4, -0.2) is 5.78 Å². The Morgan fingerprint density at radius 1 is 1.45 bits per heavy atom. The molecule has 2 atom stereocenters. The average Bonchev–Trinajstić information content (AvgIpc) is 2.23. The van der Waals surface area contributed by atoms with Crippen molar-refractivity contribution in [3.63, 3.8) is 0 Å². The Morgan fingerprint density at radius 2 is 2.18 bits per heavy atom. The Kier molecular flexibility index (Phi) is 1.41. The van der Waals surface area contributed by atoms with Crippen molar-refractivity contribution in [2.45, 2.75) is 33.1 Å². The summed E-state index contributed by atoms with van der Waals surface area (Å²) < 4.78 is 0. The molecule has 60 valence electrons. The van der Waals surface area contributed by atoms with E-state index in [1.165, 1.54) is 5.57 Å². The van der Waals surface area contributed by atoms with Gasteiger partial charge in [-0.15, -0.1) is 0 Å². The highest BCUT2D eigenvalue weighted by atomic mass is 16.1. The van der Waals surface area contributed by atoms with Gasteiger partial charge in [-0.25, -0.2) is 0 Å². The number of fused-ring (bicyclic) bond motifs is 2. The van der Waals surface area contributed by atoms with Crippen LogP contribution >= 0.6 is 0 Å². The van der Waals surface area contributed by atoms with Crippen LogP contribution in [0.25, 0.3) is 0 Å². The normalized spacial score (nSPS) is 36.7. The third kappa shape index (κ3) is 0.867. The monoisotopic (exact) mass is 150 g/mol. The zero-order valence-corrected chi connectivity index (χ0v) is 7.18. The number of rotatable bonds is 0. The minimum atomic E-state index is 0.392. The maximum Gasteiger partial charge on any atom is 0.161 e. The van der Waals surface area contributed by atoms with Crippen LogP contribution < -0.4 is 0 Å². The third-order valence-electron chi connectivity index (χ3n) is 3.26. The first-order chi connectivity index (χ1) is 5.20. The molecule has 0 aromatic rings. The molecule has 2 unspecified atom stereocenters. The van der Waals surface area contributed by atoms with E-state index in [-0.39, 0.29) is 0 Å². The molecule has 2 aliphatic rings. The second-order valence-electron chi connectivity index (χ2n) is 3.90. The van der Waals surface area contributed by atoms with Gasteiger partial charge in [0.15, 0.2) is 5.78 Å². The molecule has 2 aliphatic carbocycles. The second kappa shape index (κ2) is 2.20. The van der Waals surface area contributed by atoms with Crippen molar-refractivity contribution in [2.75, 3.05) is 0 Å². The van der Waals surface area contributed by atoms with Crippen LogP contribution in [0.2, 0.25) is 0 Å². The van der Waals surface area contributed by atoms with Crippen LogP contribution in [0.15, 0.2) is 11.1 Å². The molecular formula is C10H14O. The molecule has 0 aromatic carbocycles. The zero-order chi connectivity index (χ0) is 8.01. The topological polar surface area (TPSA) is 17.1 Å². The molecule has 0 heterocycles. The molecule has 1 heteroatoms. The van der Waals surface area contributed by atoms with Gasteiger partial charge in [-0.1, -0.05) is 12.5 Å². The minimum absolute atomic E-state index is 0.392. The third-order valence-corrected chi connectivity index (χ3v) is 3.26. The lowest BCUT2D eigenvalue weighted by molar-refractivity contribution is -0.118. The summed E-state index contributed by atoms with van der Waals surface area (Å²) in [5, 5.41) is 0. The fourth-order valence-corrected chi connectivity index (χ4v) is 2.34. The Labute approximate surface area is 67.5 Å². The standard InChI is InChI=1S/C10H14O/c1-6-5-8-3-4-9(7(6)2)10(8)11/h6,8H,3-5H2,1-2H3. The lowest BCUT2D eigenvalue weighted by Crippen LogP contribution is -2.19. The lowest BCUT2D eigenvalue weighted by atomic mass is 9.82. The van der Waals surface area contributed by atoms with Crippen LogP contribution in [0, 0.1) is 11.8 Å². The summed E-state index contributed by atoms with van der Waals surface area (Å²) in [6.45, 7) is 4.36. The number of hydrogen-bond donors (Lipinski definition) is 0. The van der Waals surface area contributed by atoms with Crippen LogP contribution in [-0.2, 0) is 4.79 Å². The predicted molar refractivity (Wildman–Crippen MR) is 44.2 cm³/mol. The average molecular weight is 150 g/mol. The highest BCUT2D eigenvalue weighted by molar-refractivity contribution is 6.00. The lowest BCUT2D eigenvalue weighted by Gasteiger charge is -2.21. The van der Waals surface area contributed by atoms with Gasteiger partial charge < -0.3 is 0 Å². The first-order valence-electron chi connectivity index (χ1n) is 4.44. The molecule has 0 saturated heterocycles. The van der Waals surface area contributed by atoms with Gasteiger partial charge in [0.25, 0.3) is 0 Å². The number of Topliss-reactive ketones (excluding diaryl/α,β-unsaturated/α-hetero) is 1. The van der Waals surface area contributed by atoms with E-state index >= 15 is 0 Å². The molecule has 11 heavy (non-hydrogen) atoms. The van der Waals surface area contributed by atoms with Crippen LogP contribution in [0.1, 0.15) is 33.1 Å². The highest BCUT2D eigenvalue weighted by Gasteiger charge is 2.36. The summed E-state index contributed by atoms with van der Waals surface area (Å²) in [6.07, 6.45) is 3.28. The first kappa shape index (κ1) is 7.08. The maximum absolute atomic E-state index is 11.5. The molecule has 0 aliphatic heterocycles. The van der Waals surface area contributed by atoms with Crippen molar-refractivity contribution in [3.05, 3.63) is 11.1 Å². The summed E-state index contributed by atoms with van der Waals surface area (Å²) in [5.41, 5.74) is 2.53. The SMILES string of the molecule is CC1=C2CCC(CC1C)C2=O. The van der Waals surface area contributed by atoms with Gasteiger partial charge in [0.1, 0.15) is 0 Å². The highest BCUT2D eigenvalue weighted by Crippen LogP contribution is 2.41. The number of carbonyl (C=O) groups is 1. The zero-order valence-electron chi connectivity index (χ0n) is 7.18. The van der Waals surface area contributed by atoms with Crippen LogP contribution in [0.3, 0.4) is 0 Å².